The zero-order valence-corrected chi connectivity index (χ0v) is 24.2. The number of alkyl carbamates (subject to hydrolysis) is 1. The Morgan fingerprint density at radius 2 is 1.33 bits per heavy atom. The van der Waals surface area contributed by atoms with Crippen LogP contribution in [0.3, 0.4) is 0 Å². The molecule has 2 aromatic carbocycles. The lowest BCUT2D eigenvalue weighted by molar-refractivity contribution is -0.119. The third-order valence-corrected chi connectivity index (χ3v) is 5.65. The number of benzene rings is 2. The van der Waals surface area contributed by atoms with Crippen molar-refractivity contribution in [1.82, 2.24) is 26.0 Å². The van der Waals surface area contributed by atoms with Gasteiger partial charge in [0.2, 0.25) is 11.8 Å². The van der Waals surface area contributed by atoms with Crippen LogP contribution in [0.15, 0.2) is 70.9 Å². The summed E-state index contributed by atoms with van der Waals surface area (Å²) in [4.78, 5) is 56.9. The fraction of sp³-hybridized carbons (Fsp3) is 0.345. The summed E-state index contributed by atoms with van der Waals surface area (Å²) in [6, 6.07) is 17.4. The van der Waals surface area contributed by atoms with Crippen molar-refractivity contribution in [1.29, 1.82) is 0 Å². The molecule has 2 atom stereocenters. The molecule has 7 amide bonds. The van der Waals surface area contributed by atoms with E-state index in [0.717, 1.165) is 21.1 Å². The van der Waals surface area contributed by atoms with Crippen molar-refractivity contribution < 1.29 is 28.7 Å². The average Bonchev–Trinajstić information content (AvgIpc) is 3.44. The number of carbonyl (C=O) groups excluding carboxylic acids is 5. The van der Waals surface area contributed by atoms with Gasteiger partial charge in [-0.15, -0.1) is 0 Å². The second-order valence-corrected chi connectivity index (χ2v) is 10.6. The van der Waals surface area contributed by atoms with Crippen LogP contribution in [0, 0.1) is 0 Å². The number of nitrogens with two attached hydrogens (primary N) is 1. The first-order valence-corrected chi connectivity index (χ1v) is 13.5. The SMILES string of the molecule is CC(C)(C)OC(=O)NC(C=NN1CC(=O)NC1=O)Cc1ccccc1.NC(C=NN1CC(=O)NC1=O)Cc1ccccc1. The van der Waals surface area contributed by atoms with Crippen LogP contribution in [0.1, 0.15) is 31.9 Å². The molecule has 0 saturated carbocycles. The molecule has 228 valence electrons. The van der Waals surface area contributed by atoms with Crippen LogP contribution in [0.2, 0.25) is 0 Å². The number of nitrogens with one attached hydrogen (secondary N) is 3. The number of hydrogen-bond donors (Lipinski definition) is 4. The van der Waals surface area contributed by atoms with Crippen molar-refractivity contribution in [2.24, 2.45) is 15.9 Å². The third kappa shape index (κ3) is 11.7. The van der Waals surface area contributed by atoms with Crippen LogP contribution in [-0.4, -0.2) is 83.2 Å². The highest BCUT2D eigenvalue weighted by molar-refractivity contribution is 6.02. The first-order valence-electron chi connectivity index (χ1n) is 13.5. The second kappa shape index (κ2) is 15.2. The molecule has 2 aliphatic rings. The van der Waals surface area contributed by atoms with Gasteiger partial charge in [-0.2, -0.15) is 10.2 Å². The first-order chi connectivity index (χ1) is 20.4. The van der Waals surface area contributed by atoms with E-state index < -0.39 is 35.7 Å². The van der Waals surface area contributed by atoms with Crippen molar-refractivity contribution >= 4 is 42.4 Å². The van der Waals surface area contributed by atoms with Gasteiger partial charge in [-0.1, -0.05) is 60.7 Å². The Kier molecular flexibility index (Phi) is 11.5. The van der Waals surface area contributed by atoms with E-state index in [1.807, 2.05) is 60.7 Å². The largest absolute Gasteiger partial charge is 0.444 e. The molecule has 43 heavy (non-hydrogen) atoms. The van der Waals surface area contributed by atoms with E-state index in [9.17, 15) is 24.0 Å². The minimum absolute atomic E-state index is 0.0482. The van der Waals surface area contributed by atoms with E-state index in [2.05, 4.69) is 26.2 Å². The molecule has 0 aromatic heterocycles. The van der Waals surface area contributed by atoms with Gasteiger partial charge >= 0.3 is 18.2 Å². The quantitative estimate of drug-likeness (QED) is 0.252. The predicted octanol–water partition coefficient (Wildman–Crippen LogP) is 1.75. The Morgan fingerprint density at radius 3 is 1.77 bits per heavy atom. The Bertz CT molecular complexity index is 1340. The maximum atomic E-state index is 12.0. The number of nitrogens with zero attached hydrogens (tertiary/aromatic N) is 4. The van der Waals surface area contributed by atoms with Gasteiger partial charge in [0, 0.05) is 18.5 Å². The van der Waals surface area contributed by atoms with Crippen LogP contribution in [0.5, 0.6) is 0 Å². The molecular formula is C29H36N8O6. The fourth-order valence-corrected chi connectivity index (χ4v) is 3.78. The maximum Gasteiger partial charge on any atom is 0.408 e. The van der Waals surface area contributed by atoms with Gasteiger partial charge in [0.05, 0.1) is 6.04 Å². The summed E-state index contributed by atoms with van der Waals surface area (Å²) in [5.41, 5.74) is 7.33. The summed E-state index contributed by atoms with van der Waals surface area (Å²) in [5, 5.41) is 17.0. The second-order valence-electron chi connectivity index (χ2n) is 10.6. The van der Waals surface area contributed by atoms with Crippen LogP contribution in [-0.2, 0) is 27.2 Å². The van der Waals surface area contributed by atoms with Crippen LogP contribution in [0.4, 0.5) is 14.4 Å². The number of amides is 7. The van der Waals surface area contributed by atoms with Crippen molar-refractivity contribution in [3.05, 3.63) is 71.8 Å². The Morgan fingerprint density at radius 1 is 0.860 bits per heavy atom. The minimum Gasteiger partial charge on any atom is -0.444 e. The van der Waals surface area contributed by atoms with Gasteiger partial charge in [0.25, 0.3) is 0 Å². The highest BCUT2D eigenvalue weighted by atomic mass is 16.6. The Balaban J connectivity index is 0.000000248. The van der Waals surface area contributed by atoms with Gasteiger partial charge in [0.15, 0.2) is 0 Å². The van der Waals surface area contributed by atoms with Crippen molar-refractivity contribution in [2.75, 3.05) is 13.1 Å². The van der Waals surface area contributed by atoms with Crippen LogP contribution >= 0.6 is 0 Å². The molecule has 14 heteroatoms. The average molecular weight is 593 g/mol. The summed E-state index contributed by atoms with van der Waals surface area (Å²) >= 11 is 0. The van der Waals surface area contributed by atoms with Gasteiger partial charge < -0.3 is 15.8 Å². The molecule has 5 N–H and O–H groups in total. The van der Waals surface area contributed by atoms with Crippen LogP contribution in [0.25, 0.3) is 0 Å². The molecule has 0 bridgehead atoms. The number of urea groups is 2. The predicted molar refractivity (Wildman–Crippen MR) is 159 cm³/mol. The monoisotopic (exact) mass is 592 g/mol. The normalized spacial score (nSPS) is 16.6. The summed E-state index contributed by atoms with van der Waals surface area (Å²) in [6.07, 6.45) is 3.42. The molecule has 0 radical (unpaired) electrons. The smallest absolute Gasteiger partial charge is 0.408 e. The fourth-order valence-electron chi connectivity index (χ4n) is 3.78. The molecule has 14 nitrogen and oxygen atoms in total. The Labute approximate surface area is 249 Å². The Hall–Kier alpha value is -5.11. The summed E-state index contributed by atoms with van der Waals surface area (Å²) in [5.74, 6) is -0.768. The van der Waals surface area contributed by atoms with Crippen molar-refractivity contribution in [2.45, 2.75) is 51.3 Å². The van der Waals surface area contributed by atoms with Crippen molar-refractivity contribution in [3.63, 3.8) is 0 Å². The van der Waals surface area contributed by atoms with E-state index in [0.29, 0.717) is 12.8 Å². The molecule has 2 saturated heterocycles. The van der Waals surface area contributed by atoms with E-state index in [4.69, 9.17) is 10.5 Å². The van der Waals surface area contributed by atoms with E-state index in [1.165, 1.54) is 12.4 Å². The van der Waals surface area contributed by atoms with Crippen LogP contribution < -0.4 is 21.7 Å². The lowest BCUT2D eigenvalue weighted by atomic mass is 10.1. The number of hydrazone groups is 2. The molecule has 2 fully saturated rings. The van der Waals surface area contributed by atoms with E-state index in [1.54, 1.807) is 20.8 Å². The summed E-state index contributed by atoms with van der Waals surface area (Å²) in [7, 11) is 0. The number of ether oxygens (including phenoxy) is 1. The molecule has 2 heterocycles. The first kappa shape index (κ1) is 32.4. The van der Waals surface area contributed by atoms with Gasteiger partial charge in [-0.05, 0) is 44.7 Å². The molecule has 4 rings (SSSR count). The topological polar surface area (TPSA) is 188 Å². The molecule has 0 spiro atoms. The standard InChI is InChI=1S/C17H22N4O4.C12H14N4O2/c1-17(2,3)25-16(24)19-13(9-12-7-5-4-6-8-12)10-18-21-11-14(22)20-15(21)23;13-10(6-9-4-2-1-3-5-9)7-14-16-8-11(17)15-12(16)18/h4-8,10,13H,9,11H2,1-3H3,(H,19,24)(H,20,22,23);1-5,7,10H,6,8,13H2,(H,15,17,18). The summed E-state index contributed by atoms with van der Waals surface area (Å²) < 4.78 is 5.26. The lowest BCUT2D eigenvalue weighted by Gasteiger charge is -2.22. The number of hydrogen-bond acceptors (Lipinski definition) is 9. The minimum atomic E-state index is -0.625. The molecule has 0 aliphatic carbocycles. The lowest BCUT2D eigenvalue weighted by Crippen LogP contribution is -2.41. The zero-order chi connectivity index (χ0) is 31.4. The van der Waals surface area contributed by atoms with E-state index in [-0.39, 0.29) is 25.0 Å². The van der Waals surface area contributed by atoms with Gasteiger partial charge in [-0.3, -0.25) is 20.2 Å². The number of rotatable bonds is 9. The van der Waals surface area contributed by atoms with E-state index >= 15 is 0 Å². The maximum absolute atomic E-state index is 12.0. The van der Waals surface area contributed by atoms with Crippen molar-refractivity contribution in [3.8, 4) is 0 Å². The third-order valence-electron chi connectivity index (χ3n) is 5.65. The number of imide groups is 2. The molecule has 2 aromatic rings. The highest BCUT2D eigenvalue weighted by Crippen LogP contribution is 2.09. The summed E-state index contributed by atoms with van der Waals surface area (Å²) in [6.45, 7) is 5.13. The highest BCUT2D eigenvalue weighted by Gasteiger charge is 2.27. The molecule has 2 aliphatic heterocycles. The zero-order valence-electron chi connectivity index (χ0n) is 24.2. The van der Waals surface area contributed by atoms with Gasteiger partial charge in [-0.25, -0.2) is 24.4 Å². The number of carbonyl (C=O) groups is 5. The molecule has 2 unspecified atom stereocenters. The molecular weight excluding hydrogens is 556 g/mol. The van der Waals surface area contributed by atoms with Gasteiger partial charge in [0.1, 0.15) is 18.7 Å².